The summed E-state index contributed by atoms with van der Waals surface area (Å²) in [7, 11) is 0. The molecule has 0 saturated carbocycles. The van der Waals surface area contributed by atoms with Crippen LogP contribution in [-0.4, -0.2) is 37.0 Å². The lowest BCUT2D eigenvalue weighted by atomic mass is 9.87. The lowest BCUT2D eigenvalue weighted by Crippen LogP contribution is -2.45. The first-order valence-electron chi connectivity index (χ1n) is 7.48. The summed E-state index contributed by atoms with van der Waals surface area (Å²) in [5, 5.41) is 3.01. The van der Waals surface area contributed by atoms with Crippen molar-refractivity contribution in [3.63, 3.8) is 0 Å². The number of aryl methyl sites for hydroxylation is 1. The standard InChI is InChI=1S/C16H24IN3O/c1-11-5-6-20(9-13(11)8-18)10-16(21)19-15-4-3-14(17)7-12(15)2/h3-4,7,11,13H,5-6,8-10,18H2,1-2H3,(H,19,21). The van der Waals surface area contributed by atoms with Gasteiger partial charge in [-0.05, 0) is 84.6 Å². The van der Waals surface area contributed by atoms with Gasteiger partial charge in [-0.3, -0.25) is 9.69 Å². The van der Waals surface area contributed by atoms with Crippen molar-refractivity contribution < 1.29 is 4.79 Å². The fraction of sp³-hybridized carbons (Fsp3) is 0.562. The van der Waals surface area contributed by atoms with E-state index >= 15 is 0 Å². The van der Waals surface area contributed by atoms with Gasteiger partial charge in [0.1, 0.15) is 0 Å². The van der Waals surface area contributed by atoms with E-state index < -0.39 is 0 Å². The summed E-state index contributed by atoms with van der Waals surface area (Å²) in [6.45, 7) is 7.34. The first-order valence-corrected chi connectivity index (χ1v) is 8.56. The third-order valence-electron chi connectivity index (χ3n) is 4.33. The Balaban J connectivity index is 1.90. The lowest BCUT2D eigenvalue weighted by molar-refractivity contribution is -0.117. The molecular weight excluding hydrogens is 377 g/mol. The van der Waals surface area contributed by atoms with Gasteiger partial charge in [0.05, 0.1) is 6.54 Å². The van der Waals surface area contributed by atoms with Crippen LogP contribution in [-0.2, 0) is 4.79 Å². The third-order valence-corrected chi connectivity index (χ3v) is 5.00. The number of nitrogens with zero attached hydrogens (tertiary/aromatic N) is 1. The van der Waals surface area contributed by atoms with Crippen LogP contribution in [0.15, 0.2) is 18.2 Å². The molecule has 1 heterocycles. The van der Waals surface area contributed by atoms with Gasteiger partial charge in [0, 0.05) is 15.8 Å². The Hall–Kier alpha value is -0.660. The van der Waals surface area contributed by atoms with Crippen molar-refractivity contribution in [2.24, 2.45) is 17.6 Å². The number of halogens is 1. The first-order chi connectivity index (χ1) is 9.99. The molecule has 1 aromatic carbocycles. The van der Waals surface area contributed by atoms with Gasteiger partial charge in [0.25, 0.3) is 0 Å². The minimum atomic E-state index is 0.0598. The molecule has 116 valence electrons. The van der Waals surface area contributed by atoms with Crippen molar-refractivity contribution in [2.75, 3.05) is 31.5 Å². The summed E-state index contributed by atoms with van der Waals surface area (Å²) in [5.74, 6) is 1.23. The fourth-order valence-corrected chi connectivity index (χ4v) is 3.48. The number of likely N-dealkylation sites (tertiary alicyclic amines) is 1. The third kappa shape index (κ3) is 4.66. The molecular formula is C16H24IN3O. The maximum atomic E-state index is 12.2. The molecule has 1 saturated heterocycles. The van der Waals surface area contributed by atoms with Crippen molar-refractivity contribution in [3.05, 3.63) is 27.3 Å². The van der Waals surface area contributed by atoms with Crippen molar-refractivity contribution in [2.45, 2.75) is 20.3 Å². The van der Waals surface area contributed by atoms with E-state index in [0.717, 1.165) is 30.8 Å². The second kappa shape index (κ2) is 7.56. The fourth-order valence-electron chi connectivity index (χ4n) is 2.84. The van der Waals surface area contributed by atoms with E-state index in [4.69, 9.17) is 5.73 Å². The van der Waals surface area contributed by atoms with Crippen LogP contribution >= 0.6 is 22.6 Å². The number of anilines is 1. The number of hydrogen-bond acceptors (Lipinski definition) is 3. The molecule has 5 heteroatoms. The van der Waals surface area contributed by atoms with Crippen molar-refractivity contribution in [3.8, 4) is 0 Å². The average molecular weight is 401 g/mol. The highest BCUT2D eigenvalue weighted by molar-refractivity contribution is 14.1. The Morgan fingerprint density at radius 3 is 2.95 bits per heavy atom. The molecule has 1 amide bonds. The zero-order chi connectivity index (χ0) is 15.4. The van der Waals surface area contributed by atoms with Crippen LogP contribution in [0, 0.1) is 22.3 Å². The van der Waals surface area contributed by atoms with Crippen LogP contribution in [0.1, 0.15) is 18.9 Å². The highest BCUT2D eigenvalue weighted by Crippen LogP contribution is 2.22. The number of amides is 1. The predicted octanol–water partition coefficient (Wildman–Crippen LogP) is 2.45. The van der Waals surface area contributed by atoms with Gasteiger partial charge in [0.15, 0.2) is 0 Å². The lowest BCUT2D eigenvalue weighted by Gasteiger charge is -2.36. The maximum Gasteiger partial charge on any atom is 0.238 e. The zero-order valence-electron chi connectivity index (χ0n) is 12.7. The molecule has 2 unspecified atom stereocenters. The molecule has 4 nitrogen and oxygen atoms in total. The summed E-state index contributed by atoms with van der Waals surface area (Å²) < 4.78 is 1.18. The topological polar surface area (TPSA) is 58.4 Å². The Labute approximate surface area is 140 Å². The van der Waals surface area contributed by atoms with E-state index in [-0.39, 0.29) is 5.91 Å². The second-order valence-electron chi connectivity index (χ2n) is 6.00. The van der Waals surface area contributed by atoms with E-state index in [1.807, 2.05) is 19.1 Å². The van der Waals surface area contributed by atoms with Gasteiger partial charge in [-0.25, -0.2) is 0 Å². The number of rotatable bonds is 4. The van der Waals surface area contributed by atoms with E-state index in [1.54, 1.807) is 0 Å². The molecule has 1 aliphatic rings. The number of carbonyl (C=O) groups is 1. The van der Waals surface area contributed by atoms with Crippen LogP contribution in [0.5, 0.6) is 0 Å². The number of nitrogens with one attached hydrogen (secondary N) is 1. The molecule has 1 aromatic rings. The predicted molar refractivity (Wildman–Crippen MR) is 95.3 cm³/mol. The number of piperidine rings is 1. The largest absolute Gasteiger partial charge is 0.330 e. The molecule has 1 fully saturated rings. The Bertz CT molecular complexity index is 506. The molecule has 0 spiro atoms. The number of hydrogen-bond donors (Lipinski definition) is 2. The molecule has 3 N–H and O–H groups in total. The molecule has 21 heavy (non-hydrogen) atoms. The van der Waals surface area contributed by atoms with Gasteiger partial charge in [-0.15, -0.1) is 0 Å². The van der Waals surface area contributed by atoms with Gasteiger partial charge in [0.2, 0.25) is 5.91 Å². The minimum Gasteiger partial charge on any atom is -0.330 e. The van der Waals surface area contributed by atoms with E-state index in [9.17, 15) is 4.79 Å². The smallest absolute Gasteiger partial charge is 0.238 e. The van der Waals surface area contributed by atoms with Gasteiger partial charge in [-0.2, -0.15) is 0 Å². The monoisotopic (exact) mass is 401 g/mol. The SMILES string of the molecule is Cc1cc(I)ccc1NC(=O)CN1CCC(C)C(CN)C1. The summed E-state index contributed by atoms with van der Waals surface area (Å²) in [6.07, 6.45) is 1.12. The van der Waals surface area contributed by atoms with Crippen LogP contribution in [0.3, 0.4) is 0 Å². The number of benzene rings is 1. The minimum absolute atomic E-state index is 0.0598. The second-order valence-corrected chi connectivity index (χ2v) is 7.25. The zero-order valence-corrected chi connectivity index (χ0v) is 14.9. The summed E-state index contributed by atoms with van der Waals surface area (Å²) in [6, 6.07) is 6.05. The number of carbonyl (C=O) groups excluding carboxylic acids is 1. The molecule has 2 rings (SSSR count). The summed E-state index contributed by atoms with van der Waals surface area (Å²) in [5.41, 5.74) is 7.82. The van der Waals surface area contributed by atoms with E-state index in [1.165, 1.54) is 3.57 Å². The first kappa shape index (κ1) is 16.7. The average Bonchev–Trinajstić information content (AvgIpc) is 2.44. The highest BCUT2D eigenvalue weighted by atomic mass is 127. The van der Waals surface area contributed by atoms with Gasteiger partial charge < -0.3 is 11.1 Å². The molecule has 0 bridgehead atoms. The van der Waals surface area contributed by atoms with Crippen LogP contribution in [0.25, 0.3) is 0 Å². The molecule has 0 aromatic heterocycles. The maximum absolute atomic E-state index is 12.2. The van der Waals surface area contributed by atoms with Gasteiger partial charge >= 0.3 is 0 Å². The highest BCUT2D eigenvalue weighted by Gasteiger charge is 2.26. The number of nitrogens with two attached hydrogens (primary N) is 1. The van der Waals surface area contributed by atoms with Crippen LogP contribution in [0.4, 0.5) is 5.69 Å². The van der Waals surface area contributed by atoms with E-state index in [2.05, 4.69) is 45.8 Å². The quantitative estimate of drug-likeness (QED) is 0.763. The summed E-state index contributed by atoms with van der Waals surface area (Å²) >= 11 is 2.28. The van der Waals surface area contributed by atoms with Crippen LogP contribution < -0.4 is 11.1 Å². The molecule has 0 aliphatic carbocycles. The van der Waals surface area contributed by atoms with E-state index in [0.29, 0.717) is 24.9 Å². The van der Waals surface area contributed by atoms with Gasteiger partial charge in [-0.1, -0.05) is 6.92 Å². The van der Waals surface area contributed by atoms with Crippen molar-refractivity contribution in [1.82, 2.24) is 4.90 Å². The Morgan fingerprint density at radius 1 is 1.52 bits per heavy atom. The molecule has 0 radical (unpaired) electrons. The Morgan fingerprint density at radius 2 is 2.29 bits per heavy atom. The van der Waals surface area contributed by atoms with Crippen LogP contribution in [0.2, 0.25) is 0 Å². The normalized spacial score (nSPS) is 23.0. The molecule has 1 aliphatic heterocycles. The van der Waals surface area contributed by atoms with Crippen molar-refractivity contribution in [1.29, 1.82) is 0 Å². The van der Waals surface area contributed by atoms with Crippen molar-refractivity contribution >= 4 is 34.2 Å². The molecule has 2 atom stereocenters. The summed E-state index contributed by atoms with van der Waals surface area (Å²) in [4.78, 5) is 14.4. The Kier molecular flexibility index (Phi) is 6.01.